The summed E-state index contributed by atoms with van der Waals surface area (Å²) in [6.45, 7) is 10.4. The van der Waals surface area contributed by atoms with Gasteiger partial charge in [0, 0.05) is 27.8 Å². The van der Waals surface area contributed by atoms with Gasteiger partial charge in [-0.05, 0) is 70.0 Å². The third-order valence-corrected chi connectivity index (χ3v) is 4.97. The summed E-state index contributed by atoms with van der Waals surface area (Å²) in [6, 6.07) is 9.99. The Hall–Kier alpha value is -2.21. The predicted octanol–water partition coefficient (Wildman–Crippen LogP) is 4.98. The van der Waals surface area contributed by atoms with Crippen LogP contribution in [-0.2, 0) is 11.3 Å². The topological polar surface area (TPSA) is 59.6 Å². The molecular weight excluding hydrogens is 420 g/mol. The maximum Gasteiger partial charge on any atom is 0.258 e. The van der Waals surface area contributed by atoms with Crippen molar-refractivity contribution in [3.05, 3.63) is 51.5 Å². The van der Waals surface area contributed by atoms with Crippen molar-refractivity contribution in [1.82, 2.24) is 5.32 Å². The number of halogens is 1. The van der Waals surface area contributed by atoms with Crippen LogP contribution in [0.3, 0.4) is 0 Å². The van der Waals surface area contributed by atoms with Gasteiger partial charge in [-0.3, -0.25) is 4.79 Å². The molecule has 0 bridgehead atoms. The number of methoxy groups -OCH3 is 1. The molecule has 2 N–H and O–H groups in total. The molecule has 0 saturated carbocycles. The van der Waals surface area contributed by atoms with Crippen LogP contribution in [0.4, 0.5) is 5.69 Å². The first-order chi connectivity index (χ1) is 13.1. The summed E-state index contributed by atoms with van der Waals surface area (Å²) in [7, 11) is 1.59. The van der Waals surface area contributed by atoms with Crippen molar-refractivity contribution in [2.45, 2.75) is 46.7 Å². The third kappa shape index (κ3) is 6.16. The van der Waals surface area contributed by atoms with E-state index in [1.807, 2.05) is 39.0 Å². The second-order valence-corrected chi connectivity index (χ2v) is 8.65. The van der Waals surface area contributed by atoms with E-state index in [0.717, 1.165) is 15.7 Å². The van der Waals surface area contributed by atoms with Gasteiger partial charge in [0.1, 0.15) is 0 Å². The minimum absolute atomic E-state index is 0.0826. The highest BCUT2D eigenvalue weighted by atomic mass is 79.9. The normalized spacial score (nSPS) is 11.1. The van der Waals surface area contributed by atoms with Crippen molar-refractivity contribution in [3.63, 3.8) is 0 Å². The van der Waals surface area contributed by atoms with E-state index in [4.69, 9.17) is 9.47 Å². The van der Waals surface area contributed by atoms with Crippen molar-refractivity contribution < 1.29 is 14.3 Å². The molecule has 0 saturated heterocycles. The molecule has 0 radical (unpaired) electrons. The summed E-state index contributed by atoms with van der Waals surface area (Å²) < 4.78 is 12.2. The van der Waals surface area contributed by atoms with E-state index in [0.29, 0.717) is 18.0 Å². The first-order valence-corrected chi connectivity index (χ1v) is 10.0. The second-order valence-electron chi connectivity index (χ2n) is 7.80. The molecule has 0 spiro atoms. The molecule has 0 aromatic heterocycles. The van der Waals surface area contributed by atoms with Gasteiger partial charge in [-0.15, -0.1) is 0 Å². The minimum Gasteiger partial charge on any atom is -0.493 e. The van der Waals surface area contributed by atoms with E-state index >= 15 is 0 Å². The number of anilines is 1. The lowest BCUT2D eigenvalue weighted by Gasteiger charge is -2.22. The van der Waals surface area contributed by atoms with Crippen molar-refractivity contribution >= 4 is 27.5 Å². The Morgan fingerprint density at radius 3 is 2.43 bits per heavy atom. The lowest BCUT2D eigenvalue weighted by molar-refractivity contribution is -0.124. The number of amides is 1. The van der Waals surface area contributed by atoms with Crippen LogP contribution < -0.4 is 20.1 Å². The van der Waals surface area contributed by atoms with Crippen molar-refractivity contribution in [2.24, 2.45) is 0 Å². The first kappa shape index (κ1) is 22.1. The zero-order valence-electron chi connectivity index (χ0n) is 17.4. The highest BCUT2D eigenvalue weighted by molar-refractivity contribution is 9.10. The highest BCUT2D eigenvalue weighted by Crippen LogP contribution is 2.37. The zero-order chi connectivity index (χ0) is 20.9. The fourth-order valence-electron chi connectivity index (χ4n) is 2.70. The number of hydrogen-bond acceptors (Lipinski definition) is 4. The Labute approximate surface area is 175 Å². The van der Waals surface area contributed by atoms with Gasteiger partial charge < -0.3 is 20.1 Å². The summed E-state index contributed by atoms with van der Waals surface area (Å²) in [4.78, 5) is 12.2. The van der Waals surface area contributed by atoms with E-state index in [2.05, 4.69) is 52.5 Å². The highest BCUT2D eigenvalue weighted by Gasteiger charge is 2.18. The molecule has 0 unspecified atom stereocenters. The molecule has 5 nitrogen and oxygen atoms in total. The predicted molar refractivity (Wildman–Crippen MR) is 117 cm³/mol. The molecule has 0 atom stereocenters. The van der Waals surface area contributed by atoms with Crippen LogP contribution in [0.2, 0.25) is 0 Å². The second kappa shape index (κ2) is 9.32. The maximum atomic E-state index is 12.2. The summed E-state index contributed by atoms with van der Waals surface area (Å²) in [5.41, 5.74) is 4.08. The van der Waals surface area contributed by atoms with Crippen molar-refractivity contribution in [2.75, 3.05) is 19.0 Å². The van der Waals surface area contributed by atoms with Crippen LogP contribution in [0.5, 0.6) is 11.5 Å². The molecule has 28 heavy (non-hydrogen) atoms. The summed E-state index contributed by atoms with van der Waals surface area (Å²) in [5.74, 6) is 0.962. The van der Waals surface area contributed by atoms with Crippen LogP contribution in [0.1, 0.15) is 37.5 Å². The van der Waals surface area contributed by atoms with Gasteiger partial charge in [-0.2, -0.15) is 0 Å². The third-order valence-electron chi connectivity index (χ3n) is 4.23. The Balaban J connectivity index is 2.20. The van der Waals surface area contributed by atoms with E-state index < -0.39 is 0 Å². The molecule has 0 heterocycles. The van der Waals surface area contributed by atoms with Gasteiger partial charge in [-0.25, -0.2) is 0 Å². The standard InChI is InChI=1S/C22H29BrN2O3/c1-14-7-8-16(11-15(14)2)24-12-17-18(23)9-10-19(27-6)21(17)28-13-20(26)25-22(3,4)5/h7-11,24H,12-13H2,1-6H3,(H,25,26). The number of nitrogens with one attached hydrogen (secondary N) is 2. The van der Waals surface area contributed by atoms with Crippen molar-refractivity contribution in [3.8, 4) is 11.5 Å². The number of ether oxygens (including phenoxy) is 2. The quantitative estimate of drug-likeness (QED) is 0.626. The van der Waals surface area contributed by atoms with Crippen LogP contribution in [-0.4, -0.2) is 25.2 Å². The molecule has 2 rings (SSSR count). The summed E-state index contributed by atoms with van der Waals surface area (Å²) in [6.07, 6.45) is 0. The van der Waals surface area contributed by atoms with Crippen LogP contribution >= 0.6 is 15.9 Å². The van der Waals surface area contributed by atoms with Crippen LogP contribution in [0.25, 0.3) is 0 Å². The van der Waals surface area contributed by atoms with E-state index in [9.17, 15) is 4.79 Å². The monoisotopic (exact) mass is 448 g/mol. The fraction of sp³-hybridized carbons (Fsp3) is 0.409. The fourth-order valence-corrected chi connectivity index (χ4v) is 3.15. The molecule has 152 valence electrons. The maximum absolute atomic E-state index is 12.2. The van der Waals surface area contributed by atoms with Gasteiger partial charge in [0.15, 0.2) is 18.1 Å². The molecule has 2 aromatic rings. The molecule has 0 fully saturated rings. The molecule has 2 aromatic carbocycles. The average molecular weight is 449 g/mol. The Kier molecular flexibility index (Phi) is 7.35. The average Bonchev–Trinajstić information content (AvgIpc) is 2.60. The molecule has 0 aliphatic rings. The van der Waals surface area contributed by atoms with E-state index in [-0.39, 0.29) is 18.1 Å². The first-order valence-electron chi connectivity index (χ1n) is 9.21. The molecule has 1 amide bonds. The Bertz CT molecular complexity index is 844. The number of carbonyl (C=O) groups excluding carboxylic acids is 1. The van der Waals surface area contributed by atoms with E-state index in [1.165, 1.54) is 11.1 Å². The van der Waals surface area contributed by atoms with Gasteiger partial charge in [-0.1, -0.05) is 22.0 Å². The summed E-state index contributed by atoms with van der Waals surface area (Å²) in [5, 5.41) is 6.32. The van der Waals surface area contributed by atoms with Gasteiger partial charge in [0.2, 0.25) is 0 Å². The number of aryl methyl sites for hydroxylation is 2. The molecular formula is C22H29BrN2O3. The van der Waals surface area contributed by atoms with Gasteiger partial charge in [0.05, 0.1) is 7.11 Å². The van der Waals surface area contributed by atoms with E-state index in [1.54, 1.807) is 7.11 Å². The zero-order valence-corrected chi connectivity index (χ0v) is 19.0. The minimum atomic E-state index is -0.310. The Morgan fingerprint density at radius 1 is 1.11 bits per heavy atom. The number of rotatable bonds is 7. The lowest BCUT2D eigenvalue weighted by Crippen LogP contribution is -2.43. The molecule has 0 aliphatic carbocycles. The number of carbonyl (C=O) groups is 1. The van der Waals surface area contributed by atoms with Gasteiger partial charge in [0.25, 0.3) is 5.91 Å². The summed E-state index contributed by atoms with van der Waals surface area (Å²) >= 11 is 3.59. The van der Waals surface area contributed by atoms with Crippen LogP contribution in [0, 0.1) is 13.8 Å². The number of hydrogen-bond donors (Lipinski definition) is 2. The lowest BCUT2D eigenvalue weighted by atomic mass is 10.1. The molecule has 6 heteroatoms. The molecule has 0 aliphatic heterocycles. The van der Waals surface area contributed by atoms with Crippen LogP contribution in [0.15, 0.2) is 34.8 Å². The SMILES string of the molecule is COc1ccc(Br)c(CNc2ccc(C)c(C)c2)c1OCC(=O)NC(C)(C)C. The largest absolute Gasteiger partial charge is 0.493 e. The smallest absolute Gasteiger partial charge is 0.258 e. The Morgan fingerprint density at radius 2 is 1.82 bits per heavy atom. The van der Waals surface area contributed by atoms with Crippen molar-refractivity contribution in [1.29, 1.82) is 0 Å². The number of benzene rings is 2. The van der Waals surface area contributed by atoms with Gasteiger partial charge >= 0.3 is 0 Å².